The third-order valence-corrected chi connectivity index (χ3v) is 3.75. The molecule has 0 unspecified atom stereocenters. The van der Waals surface area contributed by atoms with Crippen LogP contribution >= 0.6 is 0 Å². The van der Waals surface area contributed by atoms with Crippen LogP contribution in [-0.2, 0) is 4.79 Å². The van der Waals surface area contributed by atoms with Gasteiger partial charge < -0.3 is 15.4 Å². The number of nitrogens with one attached hydrogen (secondary N) is 2. The number of carbonyl (C=O) groups is 1. The summed E-state index contributed by atoms with van der Waals surface area (Å²) in [5.41, 5.74) is 2.73. The van der Waals surface area contributed by atoms with E-state index in [-0.39, 0.29) is 11.3 Å². The lowest BCUT2D eigenvalue weighted by molar-refractivity contribution is -0.121. The average Bonchev–Trinajstić information content (AvgIpc) is 3.13. The zero-order valence-electron chi connectivity index (χ0n) is 12.1. The first-order valence-corrected chi connectivity index (χ1v) is 6.64. The van der Waals surface area contributed by atoms with Gasteiger partial charge >= 0.3 is 0 Å². The molecule has 2 N–H and O–H groups in total. The molecule has 1 aromatic carbocycles. The minimum absolute atomic E-state index is 0.0899. The quantitative estimate of drug-likeness (QED) is 0.855. The molecule has 104 valence electrons. The fourth-order valence-electron chi connectivity index (χ4n) is 2.47. The van der Waals surface area contributed by atoms with E-state index < -0.39 is 0 Å². The summed E-state index contributed by atoms with van der Waals surface area (Å²) < 4.78 is 5.37. The Balaban J connectivity index is 2.22. The fourth-order valence-corrected chi connectivity index (χ4v) is 2.47. The number of aryl methyl sites for hydroxylation is 2. The van der Waals surface area contributed by atoms with Gasteiger partial charge in [0.2, 0.25) is 5.91 Å². The first-order chi connectivity index (χ1) is 9.02. The Kier molecular flexibility index (Phi) is 3.80. The number of rotatable bonds is 5. The number of ether oxygens (including phenoxy) is 1. The first-order valence-electron chi connectivity index (χ1n) is 6.64. The maximum atomic E-state index is 12.4. The fraction of sp³-hybridized carbons (Fsp3) is 0.533. The lowest BCUT2D eigenvalue weighted by Gasteiger charge is -2.18. The van der Waals surface area contributed by atoms with Crippen LogP contribution in [0.4, 0.5) is 5.69 Å². The van der Waals surface area contributed by atoms with E-state index in [1.165, 1.54) is 0 Å². The van der Waals surface area contributed by atoms with Gasteiger partial charge in [-0.3, -0.25) is 4.79 Å². The molecular formula is C15H22N2O2. The Morgan fingerprint density at radius 1 is 1.37 bits per heavy atom. The van der Waals surface area contributed by atoms with Gasteiger partial charge in [-0.05, 0) is 50.9 Å². The molecule has 19 heavy (non-hydrogen) atoms. The van der Waals surface area contributed by atoms with E-state index in [0.29, 0.717) is 0 Å². The van der Waals surface area contributed by atoms with Crippen molar-refractivity contribution in [2.45, 2.75) is 26.7 Å². The molecule has 4 heteroatoms. The van der Waals surface area contributed by atoms with Crippen molar-refractivity contribution in [1.29, 1.82) is 0 Å². The van der Waals surface area contributed by atoms with Crippen molar-refractivity contribution in [3.63, 3.8) is 0 Å². The normalized spacial score (nSPS) is 16.0. The van der Waals surface area contributed by atoms with Crippen molar-refractivity contribution >= 4 is 11.6 Å². The van der Waals surface area contributed by atoms with E-state index in [2.05, 4.69) is 16.7 Å². The zero-order valence-corrected chi connectivity index (χ0v) is 12.1. The van der Waals surface area contributed by atoms with Gasteiger partial charge in [-0.25, -0.2) is 0 Å². The number of methoxy groups -OCH3 is 1. The summed E-state index contributed by atoms with van der Waals surface area (Å²) in [6.45, 7) is 4.74. The zero-order chi connectivity index (χ0) is 14.0. The number of anilines is 1. The Hall–Kier alpha value is -1.55. The van der Waals surface area contributed by atoms with Crippen LogP contribution in [0.15, 0.2) is 12.1 Å². The van der Waals surface area contributed by atoms with Gasteiger partial charge in [-0.1, -0.05) is 6.07 Å². The van der Waals surface area contributed by atoms with Gasteiger partial charge in [0.1, 0.15) is 5.75 Å². The smallest absolute Gasteiger partial charge is 0.231 e. The van der Waals surface area contributed by atoms with Gasteiger partial charge in [-0.15, -0.1) is 0 Å². The predicted octanol–water partition coefficient (Wildman–Crippen LogP) is 2.25. The molecule has 1 saturated carbocycles. The van der Waals surface area contributed by atoms with Gasteiger partial charge in [0.15, 0.2) is 0 Å². The molecule has 2 rings (SSSR count). The highest BCUT2D eigenvalue weighted by Crippen LogP contribution is 2.46. The van der Waals surface area contributed by atoms with Gasteiger partial charge in [0.25, 0.3) is 0 Å². The van der Waals surface area contributed by atoms with Crippen LogP contribution in [0, 0.1) is 19.3 Å². The third-order valence-electron chi connectivity index (χ3n) is 3.75. The van der Waals surface area contributed by atoms with Crippen LogP contribution in [0.25, 0.3) is 0 Å². The summed E-state index contributed by atoms with van der Waals surface area (Å²) in [4.78, 5) is 12.4. The molecule has 1 aliphatic carbocycles. The van der Waals surface area contributed by atoms with Crippen LogP contribution in [0.5, 0.6) is 5.75 Å². The van der Waals surface area contributed by atoms with Crippen LogP contribution in [-0.4, -0.2) is 26.6 Å². The second-order valence-corrected chi connectivity index (χ2v) is 5.42. The van der Waals surface area contributed by atoms with Crippen molar-refractivity contribution in [3.05, 3.63) is 23.3 Å². The molecule has 0 aliphatic heterocycles. The molecule has 0 radical (unpaired) electrons. The molecule has 1 fully saturated rings. The Morgan fingerprint density at radius 2 is 2.05 bits per heavy atom. The Labute approximate surface area is 114 Å². The average molecular weight is 262 g/mol. The molecule has 0 spiro atoms. The van der Waals surface area contributed by atoms with Crippen molar-refractivity contribution in [3.8, 4) is 5.75 Å². The van der Waals surface area contributed by atoms with Crippen LogP contribution < -0.4 is 15.4 Å². The van der Waals surface area contributed by atoms with E-state index in [0.717, 1.165) is 42.0 Å². The van der Waals surface area contributed by atoms with Gasteiger partial charge in [0, 0.05) is 6.54 Å². The largest absolute Gasteiger partial charge is 0.495 e. The molecule has 0 atom stereocenters. The lowest BCUT2D eigenvalue weighted by atomic mass is 10.0. The molecule has 0 aromatic heterocycles. The molecule has 1 aliphatic rings. The lowest BCUT2D eigenvalue weighted by Crippen LogP contribution is -2.32. The second-order valence-electron chi connectivity index (χ2n) is 5.42. The molecule has 1 amide bonds. The van der Waals surface area contributed by atoms with Gasteiger partial charge in [-0.2, -0.15) is 0 Å². The second kappa shape index (κ2) is 5.21. The van der Waals surface area contributed by atoms with Crippen molar-refractivity contribution < 1.29 is 9.53 Å². The number of amides is 1. The molecule has 1 aromatic rings. The van der Waals surface area contributed by atoms with E-state index >= 15 is 0 Å². The van der Waals surface area contributed by atoms with Crippen LogP contribution in [0.3, 0.4) is 0 Å². The van der Waals surface area contributed by atoms with Crippen LogP contribution in [0.2, 0.25) is 0 Å². The third kappa shape index (κ3) is 2.73. The summed E-state index contributed by atoms with van der Waals surface area (Å²) in [5.74, 6) is 0.818. The summed E-state index contributed by atoms with van der Waals surface area (Å²) in [6.07, 6.45) is 1.90. The first kappa shape index (κ1) is 13.9. The molecule has 4 nitrogen and oxygen atoms in total. The summed E-state index contributed by atoms with van der Waals surface area (Å²) in [7, 11) is 3.51. The van der Waals surface area contributed by atoms with Crippen molar-refractivity contribution in [1.82, 2.24) is 5.32 Å². The minimum atomic E-state index is -0.225. The highest BCUT2D eigenvalue weighted by Gasteiger charge is 2.49. The minimum Gasteiger partial charge on any atom is -0.495 e. The van der Waals surface area contributed by atoms with E-state index in [4.69, 9.17) is 4.74 Å². The molecular weight excluding hydrogens is 240 g/mol. The van der Waals surface area contributed by atoms with E-state index in [1.54, 1.807) is 7.11 Å². The summed E-state index contributed by atoms with van der Waals surface area (Å²) in [5, 5.41) is 6.14. The highest BCUT2D eigenvalue weighted by atomic mass is 16.5. The molecule has 0 bridgehead atoms. The standard InChI is InChI=1S/C15H22N2O2/c1-10-7-11(2)13(12(8-10)19-4)17-14(18)15(5-6-15)9-16-3/h7-8,16H,5-6,9H2,1-4H3,(H,17,18). The van der Waals surface area contributed by atoms with Crippen LogP contribution in [0.1, 0.15) is 24.0 Å². The Morgan fingerprint density at radius 3 is 2.58 bits per heavy atom. The molecule has 0 saturated heterocycles. The number of benzene rings is 1. The number of hydrogen-bond donors (Lipinski definition) is 2. The topological polar surface area (TPSA) is 50.4 Å². The summed E-state index contributed by atoms with van der Waals surface area (Å²) in [6, 6.07) is 4.00. The maximum absolute atomic E-state index is 12.4. The number of carbonyl (C=O) groups excluding carboxylic acids is 1. The van der Waals surface area contributed by atoms with Crippen molar-refractivity contribution in [2.75, 3.05) is 26.0 Å². The highest BCUT2D eigenvalue weighted by molar-refractivity contribution is 5.99. The summed E-state index contributed by atoms with van der Waals surface area (Å²) >= 11 is 0. The monoisotopic (exact) mass is 262 g/mol. The van der Waals surface area contributed by atoms with E-state index in [1.807, 2.05) is 27.0 Å². The molecule has 0 heterocycles. The van der Waals surface area contributed by atoms with E-state index in [9.17, 15) is 4.79 Å². The number of hydrogen-bond acceptors (Lipinski definition) is 3. The predicted molar refractivity (Wildman–Crippen MR) is 76.7 cm³/mol. The van der Waals surface area contributed by atoms with Crippen molar-refractivity contribution in [2.24, 2.45) is 5.41 Å². The maximum Gasteiger partial charge on any atom is 0.231 e. The van der Waals surface area contributed by atoms with Gasteiger partial charge in [0.05, 0.1) is 18.2 Å². The Bertz CT molecular complexity index is 493. The SMILES string of the molecule is CNCC1(C(=O)Nc2c(C)cc(C)cc2OC)CC1.